The van der Waals surface area contributed by atoms with Crippen LogP contribution >= 0.6 is 0 Å². The van der Waals surface area contributed by atoms with Crippen LogP contribution < -0.4 is 0 Å². The van der Waals surface area contributed by atoms with Crippen LogP contribution in [0, 0.1) is 5.92 Å². The van der Waals surface area contributed by atoms with E-state index in [4.69, 9.17) is 0 Å². The monoisotopic (exact) mass is 169 g/mol. The molecule has 1 saturated carbocycles. The number of hydrogen-bond acceptors (Lipinski definition) is 2. The highest BCUT2D eigenvalue weighted by molar-refractivity contribution is 5.84. The second-order valence-corrected chi connectivity index (χ2v) is 3.83. The molecule has 2 nitrogen and oxygen atoms in total. The van der Waals surface area contributed by atoms with Gasteiger partial charge in [-0.3, -0.25) is 9.69 Å². The van der Waals surface area contributed by atoms with E-state index < -0.39 is 0 Å². The fourth-order valence-corrected chi connectivity index (χ4v) is 1.31. The summed E-state index contributed by atoms with van der Waals surface area (Å²) in [7, 11) is 2.04. The van der Waals surface area contributed by atoms with Crippen LogP contribution in [0.3, 0.4) is 0 Å². The van der Waals surface area contributed by atoms with Crippen molar-refractivity contribution in [3.8, 4) is 0 Å². The largest absolute Gasteiger partial charge is 0.299 e. The highest BCUT2D eigenvalue weighted by Crippen LogP contribution is 2.29. The number of Topliss-reactive ketones (excluding diaryl/α,β-unsaturated/α-hetero) is 1. The third kappa shape index (κ3) is 3.35. The van der Waals surface area contributed by atoms with Gasteiger partial charge in [-0.2, -0.15) is 0 Å². The Labute approximate surface area is 74.9 Å². The van der Waals surface area contributed by atoms with Crippen LogP contribution in [0.1, 0.15) is 32.6 Å². The molecule has 0 unspecified atom stereocenters. The summed E-state index contributed by atoms with van der Waals surface area (Å²) in [5, 5.41) is 0. The molecule has 1 fully saturated rings. The molecule has 0 aromatic heterocycles. The standard InChI is InChI=1S/C10H19NO/c1-3-4-7-11(2)8-10(12)9-5-6-9/h9H,3-8H2,1-2H3. The number of carbonyl (C=O) groups is 1. The first kappa shape index (κ1) is 9.72. The summed E-state index contributed by atoms with van der Waals surface area (Å²) < 4.78 is 0. The molecule has 70 valence electrons. The summed E-state index contributed by atoms with van der Waals surface area (Å²) in [6.45, 7) is 3.91. The molecule has 0 aromatic rings. The normalized spacial score (nSPS) is 16.9. The summed E-state index contributed by atoms with van der Waals surface area (Å²) in [6, 6.07) is 0. The molecule has 0 N–H and O–H groups in total. The van der Waals surface area contributed by atoms with Crippen LogP contribution in [0.25, 0.3) is 0 Å². The second kappa shape index (κ2) is 4.61. The molecular formula is C10H19NO. The van der Waals surface area contributed by atoms with Crippen LogP contribution in [0.4, 0.5) is 0 Å². The maximum absolute atomic E-state index is 11.3. The number of nitrogens with zero attached hydrogens (tertiary/aromatic N) is 1. The molecule has 0 saturated heterocycles. The van der Waals surface area contributed by atoms with E-state index in [1.165, 1.54) is 12.8 Å². The lowest BCUT2D eigenvalue weighted by Crippen LogP contribution is -2.27. The minimum atomic E-state index is 0.425. The van der Waals surface area contributed by atoms with Crippen molar-refractivity contribution in [1.82, 2.24) is 4.90 Å². The van der Waals surface area contributed by atoms with E-state index in [9.17, 15) is 4.79 Å². The van der Waals surface area contributed by atoms with E-state index in [0.29, 0.717) is 18.2 Å². The molecule has 0 bridgehead atoms. The Morgan fingerprint density at radius 3 is 2.67 bits per heavy atom. The van der Waals surface area contributed by atoms with Gasteiger partial charge in [0.1, 0.15) is 5.78 Å². The number of carbonyl (C=O) groups excluding carboxylic acids is 1. The van der Waals surface area contributed by atoms with Crippen molar-refractivity contribution in [2.45, 2.75) is 32.6 Å². The van der Waals surface area contributed by atoms with Crippen LogP contribution in [0.15, 0.2) is 0 Å². The van der Waals surface area contributed by atoms with Crippen molar-refractivity contribution in [3.05, 3.63) is 0 Å². The predicted octanol–water partition coefficient (Wildman–Crippen LogP) is 1.70. The molecule has 2 heteroatoms. The van der Waals surface area contributed by atoms with Crippen LogP contribution in [-0.2, 0) is 4.79 Å². The van der Waals surface area contributed by atoms with Crippen LogP contribution in [0.5, 0.6) is 0 Å². The van der Waals surface area contributed by atoms with Crippen LogP contribution in [0.2, 0.25) is 0 Å². The first-order chi connectivity index (χ1) is 5.74. The van der Waals surface area contributed by atoms with E-state index in [1.807, 2.05) is 7.05 Å². The zero-order chi connectivity index (χ0) is 8.97. The zero-order valence-electron chi connectivity index (χ0n) is 8.18. The lowest BCUT2D eigenvalue weighted by molar-refractivity contribution is -0.121. The minimum absolute atomic E-state index is 0.425. The van der Waals surface area contributed by atoms with E-state index in [2.05, 4.69) is 11.8 Å². The van der Waals surface area contributed by atoms with Gasteiger partial charge in [-0.25, -0.2) is 0 Å². The molecule has 0 radical (unpaired) electrons. The fourth-order valence-electron chi connectivity index (χ4n) is 1.31. The fraction of sp³-hybridized carbons (Fsp3) is 0.900. The summed E-state index contributed by atoms with van der Waals surface area (Å²) in [4.78, 5) is 13.5. The zero-order valence-corrected chi connectivity index (χ0v) is 8.18. The molecule has 0 amide bonds. The lowest BCUT2D eigenvalue weighted by Gasteiger charge is -2.14. The average molecular weight is 169 g/mol. The maximum atomic E-state index is 11.3. The third-order valence-corrected chi connectivity index (χ3v) is 2.35. The molecule has 1 aliphatic rings. The van der Waals surface area contributed by atoms with Gasteiger partial charge in [-0.1, -0.05) is 13.3 Å². The van der Waals surface area contributed by atoms with Crippen molar-refractivity contribution < 1.29 is 4.79 Å². The molecule has 1 rings (SSSR count). The number of rotatable bonds is 6. The Balaban J connectivity index is 2.07. The third-order valence-electron chi connectivity index (χ3n) is 2.35. The van der Waals surface area contributed by atoms with Crippen molar-refractivity contribution >= 4 is 5.78 Å². The number of unbranched alkanes of at least 4 members (excludes halogenated alkanes) is 1. The van der Waals surface area contributed by atoms with Crippen molar-refractivity contribution in [3.63, 3.8) is 0 Å². The van der Waals surface area contributed by atoms with Crippen molar-refractivity contribution in [1.29, 1.82) is 0 Å². The SMILES string of the molecule is CCCCN(C)CC(=O)C1CC1. The number of ketones is 1. The van der Waals surface area contributed by atoms with Gasteiger partial charge in [0, 0.05) is 5.92 Å². The molecule has 0 aromatic carbocycles. The van der Waals surface area contributed by atoms with Gasteiger partial charge in [0.05, 0.1) is 6.54 Å². The van der Waals surface area contributed by atoms with Gasteiger partial charge >= 0.3 is 0 Å². The van der Waals surface area contributed by atoms with Gasteiger partial charge in [0.25, 0.3) is 0 Å². The average Bonchev–Trinajstić information content (AvgIpc) is 2.82. The molecule has 0 aliphatic heterocycles. The van der Waals surface area contributed by atoms with Crippen molar-refractivity contribution in [2.24, 2.45) is 5.92 Å². The smallest absolute Gasteiger partial charge is 0.149 e. The Morgan fingerprint density at radius 2 is 2.17 bits per heavy atom. The lowest BCUT2D eigenvalue weighted by atomic mass is 10.2. The van der Waals surface area contributed by atoms with Crippen molar-refractivity contribution in [2.75, 3.05) is 20.1 Å². The summed E-state index contributed by atoms with van der Waals surface area (Å²) in [5.41, 5.74) is 0. The van der Waals surface area contributed by atoms with Gasteiger partial charge in [-0.15, -0.1) is 0 Å². The molecule has 0 spiro atoms. The molecule has 0 atom stereocenters. The number of hydrogen-bond donors (Lipinski definition) is 0. The van der Waals surface area contributed by atoms with Gasteiger partial charge < -0.3 is 0 Å². The van der Waals surface area contributed by atoms with E-state index >= 15 is 0 Å². The second-order valence-electron chi connectivity index (χ2n) is 3.83. The predicted molar refractivity (Wildman–Crippen MR) is 50.1 cm³/mol. The van der Waals surface area contributed by atoms with Gasteiger partial charge in [0.15, 0.2) is 0 Å². The van der Waals surface area contributed by atoms with E-state index in [0.717, 1.165) is 19.4 Å². The molecule has 0 heterocycles. The highest BCUT2D eigenvalue weighted by atomic mass is 16.1. The van der Waals surface area contributed by atoms with E-state index in [-0.39, 0.29) is 0 Å². The quantitative estimate of drug-likeness (QED) is 0.603. The summed E-state index contributed by atoms with van der Waals surface area (Å²) >= 11 is 0. The van der Waals surface area contributed by atoms with Gasteiger partial charge in [-0.05, 0) is 32.9 Å². The summed E-state index contributed by atoms with van der Waals surface area (Å²) in [6.07, 6.45) is 4.69. The first-order valence-electron chi connectivity index (χ1n) is 4.95. The molecular weight excluding hydrogens is 150 g/mol. The Bertz CT molecular complexity index is 152. The Morgan fingerprint density at radius 1 is 1.50 bits per heavy atom. The highest BCUT2D eigenvalue weighted by Gasteiger charge is 2.29. The number of likely N-dealkylation sites (N-methyl/N-ethyl adjacent to an activating group) is 1. The minimum Gasteiger partial charge on any atom is -0.299 e. The van der Waals surface area contributed by atoms with Crippen LogP contribution in [-0.4, -0.2) is 30.8 Å². The maximum Gasteiger partial charge on any atom is 0.149 e. The van der Waals surface area contributed by atoms with Gasteiger partial charge in [0.2, 0.25) is 0 Å². The Kier molecular flexibility index (Phi) is 3.73. The topological polar surface area (TPSA) is 20.3 Å². The van der Waals surface area contributed by atoms with E-state index in [1.54, 1.807) is 0 Å². The molecule has 1 aliphatic carbocycles. The Hall–Kier alpha value is -0.370. The summed E-state index contributed by atoms with van der Waals surface area (Å²) in [5.74, 6) is 0.877. The first-order valence-corrected chi connectivity index (χ1v) is 4.95. The molecule has 12 heavy (non-hydrogen) atoms.